The van der Waals surface area contributed by atoms with Gasteiger partial charge in [-0.1, -0.05) is 18.0 Å². The third-order valence-electron chi connectivity index (χ3n) is 10.2. The molecule has 5 aliphatic rings. The van der Waals surface area contributed by atoms with E-state index >= 15 is 0 Å². The van der Waals surface area contributed by atoms with E-state index < -0.39 is 23.5 Å². The van der Waals surface area contributed by atoms with Gasteiger partial charge in [0.05, 0.1) is 22.7 Å². The second kappa shape index (κ2) is 10.4. The molecule has 3 atom stereocenters. The number of amides is 2. The number of rotatable bonds is 6. The lowest BCUT2D eigenvalue weighted by atomic mass is 9.78. The normalized spacial score (nSPS) is 30.0. The number of carbonyl (C=O) groups excluding carboxylic acids is 2. The molecule has 2 amide bonds. The lowest BCUT2D eigenvalue weighted by molar-refractivity contribution is -0.160. The van der Waals surface area contributed by atoms with Crippen LogP contribution >= 0.6 is 11.6 Å². The maximum atomic E-state index is 14.3. The van der Waals surface area contributed by atoms with Gasteiger partial charge in [-0.2, -0.15) is 0 Å². The van der Waals surface area contributed by atoms with Gasteiger partial charge < -0.3 is 30.4 Å². The van der Waals surface area contributed by atoms with Crippen molar-refractivity contribution >= 4 is 29.4 Å². The van der Waals surface area contributed by atoms with Crippen LogP contribution in [0.15, 0.2) is 23.5 Å². The molecular formula is C30H40ClN5O5. The summed E-state index contributed by atoms with van der Waals surface area (Å²) < 4.78 is 6.35. The van der Waals surface area contributed by atoms with Crippen molar-refractivity contribution in [3.63, 3.8) is 0 Å². The first kappa shape index (κ1) is 28.2. The van der Waals surface area contributed by atoms with Crippen LogP contribution in [0.4, 0.5) is 0 Å². The van der Waals surface area contributed by atoms with Crippen LogP contribution < -0.4 is 16.3 Å². The number of hydrogen-bond acceptors (Lipinski definition) is 7. The van der Waals surface area contributed by atoms with Crippen LogP contribution in [-0.4, -0.2) is 63.9 Å². The van der Waals surface area contributed by atoms with Gasteiger partial charge >= 0.3 is 5.97 Å². The summed E-state index contributed by atoms with van der Waals surface area (Å²) in [7, 11) is 0. The van der Waals surface area contributed by atoms with Crippen molar-refractivity contribution < 1.29 is 24.2 Å². The molecule has 1 unspecified atom stereocenters. The number of nitrogens with two attached hydrogens (primary N) is 2. The summed E-state index contributed by atoms with van der Waals surface area (Å²) in [6.45, 7) is 3.42. The third-order valence-corrected chi connectivity index (χ3v) is 10.6. The minimum atomic E-state index is -1.14. The SMILES string of the molecule is C[C@]1(C(=O)O)CCC[C@H]1C(=O)N1CCc2c(Cl)ccc(OC/C(N)=C3\CCCCN3N)c2C1N1CC2(CC2)CC1=O. The highest BCUT2D eigenvalue weighted by molar-refractivity contribution is 6.31. The van der Waals surface area contributed by atoms with E-state index in [1.54, 1.807) is 29.0 Å². The van der Waals surface area contributed by atoms with Crippen LogP contribution in [0.2, 0.25) is 5.02 Å². The summed E-state index contributed by atoms with van der Waals surface area (Å²) in [5, 5.41) is 12.3. The van der Waals surface area contributed by atoms with Crippen LogP contribution in [0.1, 0.15) is 82.0 Å². The number of halogens is 1. The zero-order chi connectivity index (χ0) is 29.1. The molecule has 2 saturated carbocycles. The minimum Gasteiger partial charge on any atom is -0.487 e. The van der Waals surface area contributed by atoms with Gasteiger partial charge in [-0.3, -0.25) is 14.4 Å². The number of fused-ring (bicyclic) bond motifs is 1. The Bertz CT molecular complexity index is 1310. The summed E-state index contributed by atoms with van der Waals surface area (Å²) in [5.74, 6) is 4.86. The average Bonchev–Trinajstić information content (AvgIpc) is 3.45. The monoisotopic (exact) mass is 585 g/mol. The number of carboxylic acids is 1. The van der Waals surface area contributed by atoms with E-state index in [1.165, 1.54) is 0 Å². The van der Waals surface area contributed by atoms with E-state index in [2.05, 4.69) is 0 Å². The lowest BCUT2D eigenvalue weighted by Crippen LogP contribution is -2.53. The predicted octanol–water partition coefficient (Wildman–Crippen LogP) is 3.54. The Balaban J connectivity index is 1.39. The fraction of sp³-hybridized carbons (Fsp3) is 0.633. The van der Waals surface area contributed by atoms with Crippen molar-refractivity contribution in [3.05, 3.63) is 39.7 Å². The zero-order valence-electron chi connectivity index (χ0n) is 23.7. The van der Waals surface area contributed by atoms with E-state index in [-0.39, 0.29) is 23.8 Å². The number of ether oxygens (including phenoxy) is 1. The van der Waals surface area contributed by atoms with Crippen LogP contribution in [0.5, 0.6) is 5.75 Å². The first-order valence-electron chi connectivity index (χ1n) is 14.8. The molecule has 3 heterocycles. The topological polar surface area (TPSA) is 142 Å². The van der Waals surface area contributed by atoms with Gasteiger partial charge in [0.25, 0.3) is 0 Å². The molecule has 1 spiro atoms. The van der Waals surface area contributed by atoms with Crippen LogP contribution in [0.25, 0.3) is 0 Å². The highest BCUT2D eigenvalue weighted by atomic mass is 35.5. The van der Waals surface area contributed by atoms with Gasteiger partial charge in [0.15, 0.2) is 0 Å². The summed E-state index contributed by atoms with van der Waals surface area (Å²) in [5.41, 5.74) is 8.24. The quantitative estimate of drug-likeness (QED) is 0.430. The molecule has 1 aromatic carbocycles. The average molecular weight is 586 g/mol. The largest absolute Gasteiger partial charge is 0.487 e. The molecule has 0 bridgehead atoms. The molecule has 1 aromatic rings. The molecule has 10 nitrogen and oxygen atoms in total. The van der Waals surface area contributed by atoms with Crippen molar-refractivity contribution in [2.24, 2.45) is 28.3 Å². The van der Waals surface area contributed by atoms with Gasteiger partial charge in [-0.25, -0.2) is 5.84 Å². The maximum absolute atomic E-state index is 14.3. The fourth-order valence-electron chi connectivity index (χ4n) is 7.46. The van der Waals surface area contributed by atoms with Gasteiger partial charge in [0, 0.05) is 36.6 Å². The van der Waals surface area contributed by atoms with Crippen molar-refractivity contribution in [1.82, 2.24) is 14.8 Å². The molecule has 0 aromatic heterocycles. The predicted molar refractivity (Wildman–Crippen MR) is 152 cm³/mol. The fourth-order valence-corrected chi connectivity index (χ4v) is 7.72. The summed E-state index contributed by atoms with van der Waals surface area (Å²) in [4.78, 5) is 43.7. The van der Waals surface area contributed by atoms with Crippen molar-refractivity contribution in [2.75, 3.05) is 26.2 Å². The molecule has 0 radical (unpaired) electrons. The van der Waals surface area contributed by atoms with Gasteiger partial charge in [0.2, 0.25) is 11.8 Å². The Labute approximate surface area is 245 Å². The number of hydrogen-bond donors (Lipinski definition) is 3. The highest BCUT2D eigenvalue weighted by Gasteiger charge is 2.57. The minimum absolute atomic E-state index is 0.000829. The number of allylic oxidation sites excluding steroid dienone is 1. The molecule has 2 aliphatic carbocycles. The van der Waals surface area contributed by atoms with Gasteiger partial charge in [0.1, 0.15) is 18.5 Å². The van der Waals surface area contributed by atoms with Crippen molar-refractivity contribution in [2.45, 2.75) is 77.3 Å². The molecule has 11 heteroatoms. The number of carbonyl (C=O) groups is 3. The number of carboxylic acid groups (broad SMARTS) is 1. The summed E-state index contributed by atoms with van der Waals surface area (Å²) in [6, 6.07) is 3.57. The van der Waals surface area contributed by atoms with E-state index in [0.717, 1.165) is 49.9 Å². The summed E-state index contributed by atoms with van der Waals surface area (Å²) >= 11 is 6.74. The molecular weight excluding hydrogens is 546 g/mol. The zero-order valence-corrected chi connectivity index (χ0v) is 24.4. The Morgan fingerprint density at radius 2 is 1.93 bits per heavy atom. The second-order valence-corrected chi connectivity index (χ2v) is 13.3. The summed E-state index contributed by atoms with van der Waals surface area (Å²) in [6.07, 6.45) is 6.62. The number of likely N-dealkylation sites (tertiary alicyclic amines) is 1. The molecule has 222 valence electrons. The number of hydrazine groups is 1. The first-order valence-corrected chi connectivity index (χ1v) is 15.2. The number of benzene rings is 1. The van der Waals surface area contributed by atoms with Crippen molar-refractivity contribution in [3.8, 4) is 5.75 Å². The number of aliphatic carboxylic acids is 1. The third kappa shape index (κ3) is 4.82. The lowest BCUT2D eigenvalue weighted by Gasteiger charge is -2.45. The van der Waals surface area contributed by atoms with Gasteiger partial charge in [-0.05, 0) is 81.4 Å². The van der Waals surface area contributed by atoms with E-state index in [0.29, 0.717) is 67.2 Å². The Morgan fingerprint density at radius 1 is 1.15 bits per heavy atom. The Kier molecular flexibility index (Phi) is 7.13. The van der Waals surface area contributed by atoms with E-state index in [1.807, 2.05) is 4.90 Å². The van der Waals surface area contributed by atoms with Crippen LogP contribution in [0.3, 0.4) is 0 Å². The van der Waals surface area contributed by atoms with Crippen molar-refractivity contribution in [1.29, 1.82) is 0 Å². The standard InChI is InChI=1S/C30H40ClN5O5/c1-29(28(39)40)10-4-5-19(29)27(38)34-14-9-18-20(31)7-8-23(41-16-21(32)22-6-2-3-13-36(22)33)25(18)26(34)35-17-30(11-12-30)15-24(35)37/h7-8,19,26H,2-6,9-17,32-33H2,1H3,(H,39,40)/b22-21-/t19-,26?,29-/m0/s1. The van der Waals surface area contributed by atoms with Gasteiger partial charge in [-0.15, -0.1) is 0 Å². The Morgan fingerprint density at radius 3 is 2.61 bits per heavy atom. The first-order chi connectivity index (χ1) is 19.5. The molecule has 6 rings (SSSR count). The molecule has 41 heavy (non-hydrogen) atoms. The smallest absolute Gasteiger partial charge is 0.310 e. The van der Waals surface area contributed by atoms with Crippen LogP contribution in [0, 0.1) is 16.7 Å². The second-order valence-electron chi connectivity index (χ2n) is 12.9. The van der Waals surface area contributed by atoms with E-state index in [4.69, 9.17) is 27.9 Å². The highest BCUT2D eigenvalue weighted by Crippen LogP contribution is 2.56. The molecule has 5 N–H and O–H groups in total. The number of nitrogens with zero attached hydrogens (tertiary/aromatic N) is 3. The van der Waals surface area contributed by atoms with Crippen LogP contribution in [-0.2, 0) is 20.8 Å². The Hall–Kier alpha value is -2.98. The molecule has 2 saturated heterocycles. The van der Waals surface area contributed by atoms with E-state index in [9.17, 15) is 19.5 Å². The number of piperidine rings is 1. The molecule has 4 fully saturated rings. The maximum Gasteiger partial charge on any atom is 0.310 e. The molecule has 3 aliphatic heterocycles.